The number of hydrogen-bond donors (Lipinski definition) is 0. The first kappa shape index (κ1) is 11.3. The number of benzene rings is 1. The molecule has 0 N–H and O–H groups in total. The lowest BCUT2D eigenvalue weighted by Gasteiger charge is -2.41. The second-order valence-corrected chi connectivity index (χ2v) is 5.77. The second-order valence-electron chi connectivity index (χ2n) is 5.77. The first-order valence-corrected chi connectivity index (χ1v) is 7.14. The molecule has 1 aromatic rings. The molecule has 0 aromatic heterocycles. The highest BCUT2D eigenvalue weighted by atomic mass is 15.1. The molecule has 1 saturated carbocycles. The largest absolute Gasteiger partial charge is 0.299 e. The van der Waals surface area contributed by atoms with Crippen molar-refractivity contribution in [3.63, 3.8) is 0 Å². The summed E-state index contributed by atoms with van der Waals surface area (Å²) in [7, 11) is 2.31. The van der Waals surface area contributed by atoms with Gasteiger partial charge in [-0.05, 0) is 43.4 Å². The van der Waals surface area contributed by atoms with E-state index >= 15 is 0 Å². The minimum absolute atomic E-state index is 0.695. The summed E-state index contributed by atoms with van der Waals surface area (Å²) >= 11 is 0. The van der Waals surface area contributed by atoms with Crippen LogP contribution in [0.3, 0.4) is 0 Å². The first-order valence-electron chi connectivity index (χ1n) is 7.14. The summed E-state index contributed by atoms with van der Waals surface area (Å²) in [4.78, 5) is 2.60. The Bertz CT molecular complexity index is 379. The summed E-state index contributed by atoms with van der Waals surface area (Å²) in [6, 6.07) is 9.80. The van der Waals surface area contributed by atoms with Gasteiger partial charge in [0.05, 0.1) is 0 Å². The number of rotatable bonds is 1. The van der Waals surface area contributed by atoms with E-state index in [0.717, 1.165) is 5.92 Å². The van der Waals surface area contributed by atoms with Crippen molar-refractivity contribution in [1.82, 2.24) is 4.90 Å². The lowest BCUT2D eigenvalue weighted by Crippen LogP contribution is -2.37. The summed E-state index contributed by atoms with van der Waals surface area (Å²) < 4.78 is 0. The molecule has 1 unspecified atom stereocenters. The highest BCUT2D eigenvalue weighted by Crippen LogP contribution is 2.40. The van der Waals surface area contributed by atoms with Crippen LogP contribution in [0, 0.1) is 5.92 Å². The molecule has 0 amide bonds. The molecule has 1 heterocycles. The number of likely N-dealkylation sites (N-methyl/N-ethyl adjacent to an activating group) is 1. The first-order chi connectivity index (χ1) is 8.36. The quantitative estimate of drug-likeness (QED) is 0.708. The average Bonchev–Trinajstić information content (AvgIpc) is 2.39. The summed E-state index contributed by atoms with van der Waals surface area (Å²) in [6.07, 6.45) is 8.44. The summed E-state index contributed by atoms with van der Waals surface area (Å²) in [5.41, 5.74) is 3.22. The standard InChI is InChI=1S/C16H23N/c1-17-12-11-13-7-5-6-10-15(13)16(17)14-8-3-2-4-9-14/h5-7,10,14,16H,2-4,8-9,11-12H2,1H3. The molecule has 1 aromatic carbocycles. The van der Waals surface area contributed by atoms with E-state index in [4.69, 9.17) is 0 Å². The Balaban J connectivity index is 1.91. The fourth-order valence-corrected chi connectivity index (χ4v) is 3.79. The van der Waals surface area contributed by atoms with Crippen LogP contribution < -0.4 is 0 Å². The molecule has 1 nitrogen and oxygen atoms in total. The predicted molar refractivity (Wildman–Crippen MR) is 72.1 cm³/mol. The maximum atomic E-state index is 2.60. The molecule has 0 spiro atoms. The highest BCUT2D eigenvalue weighted by molar-refractivity contribution is 5.33. The van der Waals surface area contributed by atoms with Crippen LogP contribution >= 0.6 is 0 Å². The zero-order chi connectivity index (χ0) is 11.7. The van der Waals surface area contributed by atoms with Crippen LogP contribution in [0.2, 0.25) is 0 Å². The van der Waals surface area contributed by atoms with Crippen molar-refractivity contribution >= 4 is 0 Å². The maximum Gasteiger partial charge on any atom is 0.0376 e. The van der Waals surface area contributed by atoms with Gasteiger partial charge >= 0.3 is 0 Å². The molecule has 0 bridgehead atoms. The molecule has 1 fully saturated rings. The summed E-state index contributed by atoms with van der Waals surface area (Å²) in [6.45, 7) is 1.23. The van der Waals surface area contributed by atoms with E-state index in [-0.39, 0.29) is 0 Å². The molecule has 1 aliphatic heterocycles. The van der Waals surface area contributed by atoms with Crippen molar-refractivity contribution in [3.05, 3.63) is 35.4 Å². The fraction of sp³-hybridized carbons (Fsp3) is 0.625. The lowest BCUT2D eigenvalue weighted by molar-refractivity contribution is 0.135. The molecule has 1 aliphatic carbocycles. The van der Waals surface area contributed by atoms with E-state index in [0.29, 0.717) is 6.04 Å². The van der Waals surface area contributed by atoms with Gasteiger partial charge in [0.2, 0.25) is 0 Å². The van der Waals surface area contributed by atoms with E-state index in [9.17, 15) is 0 Å². The third-order valence-corrected chi connectivity index (χ3v) is 4.68. The van der Waals surface area contributed by atoms with Crippen LogP contribution in [-0.4, -0.2) is 18.5 Å². The molecule has 1 atom stereocenters. The normalized spacial score (nSPS) is 26.8. The zero-order valence-corrected chi connectivity index (χ0v) is 10.9. The molecule has 3 rings (SSSR count). The van der Waals surface area contributed by atoms with Gasteiger partial charge in [-0.2, -0.15) is 0 Å². The van der Waals surface area contributed by atoms with Crippen molar-refractivity contribution < 1.29 is 0 Å². The van der Waals surface area contributed by atoms with Gasteiger partial charge in [-0.15, -0.1) is 0 Å². The third kappa shape index (κ3) is 2.13. The van der Waals surface area contributed by atoms with Crippen LogP contribution in [-0.2, 0) is 6.42 Å². The van der Waals surface area contributed by atoms with Gasteiger partial charge in [-0.3, -0.25) is 4.90 Å². The maximum absolute atomic E-state index is 2.60. The van der Waals surface area contributed by atoms with Crippen molar-refractivity contribution in [2.45, 2.75) is 44.6 Å². The molecule has 2 aliphatic rings. The smallest absolute Gasteiger partial charge is 0.0376 e. The average molecular weight is 229 g/mol. The second kappa shape index (κ2) is 4.81. The van der Waals surface area contributed by atoms with E-state index < -0.39 is 0 Å². The molecular formula is C16H23N. The molecule has 17 heavy (non-hydrogen) atoms. The number of fused-ring (bicyclic) bond motifs is 1. The van der Waals surface area contributed by atoms with Crippen molar-refractivity contribution in [2.75, 3.05) is 13.6 Å². The summed E-state index contributed by atoms with van der Waals surface area (Å²) in [5.74, 6) is 0.898. The molecule has 0 radical (unpaired) electrons. The van der Waals surface area contributed by atoms with Gasteiger partial charge in [0.15, 0.2) is 0 Å². The monoisotopic (exact) mass is 229 g/mol. The highest BCUT2D eigenvalue weighted by Gasteiger charge is 2.31. The van der Waals surface area contributed by atoms with Crippen molar-refractivity contribution in [3.8, 4) is 0 Å². The van der Waals surface area contributed by atoms with Gasteiger partial charge in [-0.25, -0.2) is 0 Å². The van der Waals surface area contributed by atoms with Gasteiger partial charge in [0.1, 0.15) is 0 Å². The molecule has 1 heteroatoms. The van der Waals surface area contributed by atoms with E-state index in [1.807, 2.05) is 0 Å². The third-order valence-electron chi connectivity index (χ3n) is 4.68. The Morgan fingerprint density at radius 1 is 1.06 bits per heavy atom. The van der Waals surface area contributed by atoms with E-state index in [1.165, 1.54) is 45.1 Å². The van der Waals surface area contributed by atoms with E-state index in [1.54, 1.807) is 11.1 Å². The van der Waals surface area contributed by atoms with Crippen molar-refractivity contribution in [2.24, 2.45) is 5.92 Å². The minimum atomic E-state index is 0.695. The van der Waals surface area contributed by atoms with Gasteiger partial charge < -0.3 is 0 Å². The summed E-state index contributed by atoms with van der Waals surface area (Å²) in [5, 5.41) is 0. The lowest BCUT2D eigenvalue weighted by atomic mass is 9.77. The molecule has 92 valence electrons. The van der Waals surface area contributed by atoms with Crippen LogP contribution in [0.4, 0.5) is 0 Å². The Hall–Kier alpha value is -0.820. The van der Waals surface area contributed by atoms with Crippen molar-refractivity contribution in [1.29, 1.82) is 0 Å². The number of nitrogens with zero attached hydrogens (tertiary/aromatic N) is 1. The number of hydrogen-bond acceptors (Lipinski definition) is 1. The Morgan fingerprint density at radius 3 is 2.65 bits per heavy atom. The van der Waals surface area contributed by atoms with Crippen LogP contribution in [0.25, 0.3) is 0 Å². The van der Waals surface area contributed by atoms with Gasteiger partial charge in [0, 0.05) is 12.6 Å². The predicted octanol–water partition coefficient (Wildman–Crippen LogP) is 3.80. The van der Waals surface area contributed by atoms with Crippen LogP contribution in [0.15, 0.2) is 24.3 Å². The molecule has 0 saturated heterocycles. The molecular weight excluding hydrogens is 206 g/mol. The Kier molecular flexibility index (Phi) is 3.19. The van der Waals surface area contributed by atoms with Gasteiger partial charge in [-0.1, -0.05) is 43.5 Å². The Morgan fingerprint density at radius 2 is 1.82 bits per heavy atom. The zero-order valence-electron chi connectivity index (χ0n) is 10.9. The van der Waals surface area contributed by atoms with Crippen LogP contribution in [0.5, 0.6) is 0 Å². The van der Waals surface area contributed by atoms with E-state index in [2.05, 4.69) is 36.2 Å². The fourth-order valence-electron chi connectivity index (χ4n) is 3.79. The van der Waals surface area contributed by atoms with Crippen LogP contribution in [0.1, 0.15) is 49.3 Å². The minimum Gasteiger partial charge on any atom is -0.299 e. The topological polar surface area (TPSA) is 3.24 Å². The SMILES string of the molecule is CN1CCc2ccccc2C1C1CCCCC1. The Labute approximate surface area is 105 Å². The van der Waals surface area contributed by atoms with Gasteiger partial charge in [0.25, 0.3) is 0 Å².